The van der Waals surface area contributed by atoms with Gasteiger partial charge in [0.15, 0.2) is 0 Å². The average molecular weight is 214 g/mol. The van der Waals surface area contributed by atoms with E-state index in [1.165, 1.54) is 11.8 Å². The first-order valence-corrected chi connectivity index (χ1v) is 5.80. The smallest absolute Gasteiger partial charge is 0.232 e. The first-order valence-electron chi connectivity index (χ1n) is 4.64. The quantitative estimate of drug-likeness (QED) is 0.683. The summed E-state index contributed by atoms with van der Waals surface area (Å²) in [7, 11) is 0. The predicted molar refractivity (Wildman–Crippen MR) is 54.8 cm³/mol. The zero-order valence-electron chi connectivity index (χ0n) is 7.98. The zero-order valence-corrected chi connectivity index (χ0v) is 8.79. The first kappa shape index (κ1) is 11.3. The van der Waals surface area contributed by atoms with E-state index in [0.29, 0.717) is 37.4 Å². The summed E-state index contributed by atoms with van der Waals surface area (Å²) >= 11 is 1.34. The lowest BCUT2D eigenvalue weighted by Gasteiger charge is -2.29. The maximum atomic E-state index is 11.5. The van der Waals surface area contributed by atoms with Gasteiger partial charge in [-0.25, -0.2) is 0 Å². The molecule has 1 N–H and O–H groups in total. The Bertz CT molecular complexity index is 231. The van der Waals surface area contributed by atoms with Crippen LogP contribution in [0.5, 0.6) is 0 Å². The van der Waals surface area contributed by atoms with E-state index in [1.54, 1.807) is 4.90 Å². The summed E-state index contributed by atoms with van der Waals surface area (Å²) in [6.45, 7) is 1.29. The molecular formula is C9H14N2O2S. The highest BCUT2D eigenvalue weighted by atomic mass is 32.2. The molecule has 1 fully saturated rings. The molecule has 0 unspecified atom stereocenters. The Hall–Kier alpha value is -0.730. The number of hydrogen-bond donors (Lipinski definition) is 1. The largest absolute Gasteiger partial charge is 0.393 e. The number of aliphatic hydroxyl groups is 1. The minimum absolute atomic E-state index is 0.0807. The third kappa shape index (κ3) is 3.56. The van der Waals surface area contributed by atoms with Crippen LogP contribution in [0, 0.1) is 11.3 Å². The van der Waals surface area contributed by atoms with Crippen LogP contribution < -0.4 is 0 Å². The number of hydrogen-bond acceptors (Lipinski definition) is 4. The van der Waals surface area contributed by atoms with Crippen LogP contribution in [0.4, 0.5) is 0 Å². The Morgan fingerprint density at radius 1 is 1.57 bits per heavy atom. The van der Waals surface area contributed by atoms with Gasteiger partial charge in [0.05, 0.1) is 23.7 Å². The van der Waals surface area contributed by atoms with Crippen LogP contribution in [0.1, 0.15) is 12.8 Å². The van der Waals surface area contributed by atoms with Gasteiger partial charge in [-0.1, -0.05) is 0 Å². The van der Waals surface area contributed by atoms with Crippen LogP contribution in [-0.2, 0) is 4.79 Å². The van der Waals surface area contributed by atoms with Crippen molar-refractivity contribution in [2.45, 2.75) is 18.9 Å². The molecule has 0 spiro atoms. The maximum Gasteiger partial charge on any atom is 0.232 e. The van der Waals surface area contributed by atoms with E-state index in [1.807, 2.05) is 6.07 Å². The van der Waals surface area contributed by atoms with E-state index < -0.39 is 0 Å². The second-order valence-electron chi connectivity index (χ2n) is 3.26. The molecule has 1 aliphatic heterocycles. The average Bonchev–Trinajstić information content (AvgIpc) is 2.19. The summed E-state index contributed by atoms with van der Waals surface area (Å²) in [5, 5.41) is 17.5. The minimum Gasteiger partial charge on any atom is -0.393 e. The molecule has 0 bridgehead atoms. The second-order valence-corrected chi connectivity index (χ2v) is 4.25. The minimum atomic E-state index is -0.245. The number of carbonyl (C=O) groups excluding carboxylic acids is 1. The van der Waals surface area contributed by atoms with Crippen molar-refractivity contribution in [3.8, 4) is 6.07 Å². The third-order valence-electron chi connectivity index (χ3n) is 2.21. The van der Waals surface area contributed by atoms with Crippen molar-refractivity contribution in [1.82, 2.24) is 4.90 Å². The summed E-state index contributed by atoms with van der Waals surface area (Å²) in [6.07, 6.45) is 1.11. The van der Waals surface area contributed by atoms with E-state index in [-0.39, 0.29) is 12.0 Å². The van der Waals surface area contributed by atoms with Gasteiger partial charge in [-0.2, -0.15) is 5.26 Å². The topological polar surface area (TPSA) is 64.3 Å². The molecule has 0 radical (unpaired) electrons. The van der Waals surface area contributed by atoms with Crippen molar-refractivity contribution in [2.75, 3.05) is 24.6 Å². The molecule has 1 heterocycles. The van der Waals surface area contributed by atoms with Crippen molar-refractivity contribution < 1.29 is 9.90 Å². The first-order chi connectivity index (χ1) is 6.74. The second kappa shape index (κ2) is 5.89. The van der Waals surface area contributed by atoms with E-state index in [9.17, 15) is 9.90 Å². The van der Waals surface area contributed by atoms with Crippen LogP contribution in [0.3, 0.4) is 0 Å². The summed E-state index contributed by atoms with van der Waals surface area (Å²) in [5.74, 6) is 0.823. The fraction of sp³-hybridized carbons (Fsp3) is 0.778. The molecule has 0 aromatic rings. The maximum absolute atomic E-state index is 11.5. The van der Waals surface area contributed by atoms with Gasteiger partial charge in [0.2, 0.25) is 5.91 Å². The number of aliphatic hydroxyl groups excluding tert-OH is 1. The molecule has 1 saturated heterocycles. The van der Waals surface area contributed by atoms with E-state index in [0.717, 1.165) is 0 Å². The van der Waals surface area contributed by atoms with Crippen molar-refractivity contribution >= 4 is 17.7 Å². The van der Waals surface area contributed by atoms with Gasteiger partial charge >= 0.3 is 0 Å². The number of rotatable bonds is 3. The summed E-state index contributed by atoms with van der Waals surface area (Å²) < 4.78 is 0. The SMILES string of the molecule is N#CCSCC(=O)N1CCC(O)CC1. The molecule has 1 rings (SSSR count). The van der Waals surface area contributed by atoms with Crippen molar-refractivity contribution in [3.05, 3.63) is 0 Å². The number of nitriles is 1. The van der Waals surface area contributed by atoms with Crippen LogP contribution in [0.25, 0.3) is 0 Å². The van der Waals surface area contributed by atoms with Crippen LogP contribution >= 0.6 is 11.8 Å². The van der Waals surface area contributed by atoms with E-state index in [2.05, 4.69) is 0 Å². The van der Waals surface area contributed by atoms with E-state index in [4.69, 9.17) is 5.26 Å². The highest BCUT2D eigenvalue weighted by Gasteiger charge is 2.20. The van der Waals surface area contributed by atoms with Gasteiger partial charge in [0, 0.05) is 13.1 Å². The predicted octanol–water partition coefficient (Wildman–Crippen LogP) is 0.226. The van der Waals surface area contributed by atoms with Crippen molar-refractivity contribution in [1.29, 1.82) is 5.26 Å². The molecule has 0 aromatic carbocycles. The number of amides is 1. The Labute approximate surface area is 87.9 Å². The molecule has 78 valence electrons. The molecule has 1 aliphatic rings. The highest BCUT2D eigenvalue weighted by molar-refractivity contribution is 8.00. The Morgan fingerprint density at radius 2 is 2.21 bits per heavy atom. The summed E-state index contributed by atoms with van der Waals surface area (Å²) in [6, 6.07) is 1.99. The Kier molecular flexibility index (Phi) is 4.77. The number of likely N-dealkylation sites (tertiary alicyclic amines) is 1. The van der Waals surface area contributed by atoms with E-state index >= 15 is 0 Å². The van der Waals surface area contributed by atoms with Crippen LogP contribution in [-0.4, -0.2) is 46.6 Å². The summed E-state index contributed by atoms with van der Waals surface area (Å²) in [5.41, 5.74) is 0. The molecule has 0 aliphatic carbocycles. The molecule has 0 aromatic heterocycles. The molecule has 14 heavy (non-hydrogen) atoms. The zero-order chi connectivity index (χ0) is 10.4. The van der Waals surface area contributed by atoms with Gasteiger partial charge in [0.1, 0.15) is 0 Å². The highest BCUT2D eigenvalue weighted by Crippen LogP contribution is 2.11. The van der Waals surface area contributed by atoms with Crippen LogP contribution in [0.15, 0.2) is 0 Å². The number of thioether (sulfide) groups is 1. The lowest BCUT2D eigenvalue weighted by atomic mass is 10.1. The molecule has 0 atom stereocenters. The van der Waals surface area contributed by atoms with Crippen molar-refractivity contribution in [2.24, 2.45) is 0 Å². The van der Waals surface area contributed by atoms with Gasteiger partial charge in [-0.15, -0.1) is 11.8 Å². The van der Waals surface area contributed by atoms with Gasteiger partial charge in [-0.05, 0) is 12.8 Å². The monoisotopic (exact) mass is 214 g/mol. The molecule has 1 amide bonds. The van der Waals surface area contributed by atoms with Crippen LogP contribution in [0.2, 0.25) is 0 Å². The molecular weight excluding hydrogens is 200 g/mol. The lowest BCUT2D eigenvalue weighted by Crippen LogP contribution is -2.40. The molecule has 0 saturated carbocycles. The van der Waals surface area contributed by atoms with Gasteiger partial charge in [-0.3, -0.25) is 4.79 Å². The van der Waals surface area contributed by atoms with Crippen molar-refractivity contribution in [3.63, 3.8) is 0 Å². The molecule has 5 heteroatoms. The Morgan fingerprint density at radius 3 is 2.79 bits per heavy atom. The standard InChI is InChI=1S/C9H14N2O2S/c10-3-6-14-7-9(13)11-4-1-8(12)2-5-11/h8,12H,1-2,4-7H2. The lowest BCUT2D eigenvalue weighted by molar-refractivity contribution is -0.130. The molecule has 4 nitrogen and oxygen atoms in total. The fourth-order valence-electron chi connectivity index (χ4n) is 1.39. The Balaban J connectivity index is 2.21. The number of carbonyl (C=O) groups is 1. The summed E-state index contributed by atoms with van der Waals surface area (Å²) in [4.78, 5) is 13.3. The van der Waals surface area contributed by atoms with Gasteiger partial charge in [0.25, 0.3) is 0 Å². The fourth-order valence-corrected chi connectivity index (χ4v) is 1.94. The third-order valence-corrected chi connectivity index (χ3v) is 2.99. The normalized spacial score (nSPS) is 17.9. The van der Waals surface area contributed by atoms with Gasteiger partial charge < -0.3 is 10.0 Å². The number of nitrogens with zero attached hydrogens (tertiary/aromatic N) is 2. The number of piperidine rings is 1.